The lowest BCUT2D eigenvalue weighted by atomic mass is 9.54. The van der Waals surface area contributed by atoms with Gasteiger partial charge in [-0.25, -0.2) is 4.90 Å². The molecule has 2 bridgehead atoms. The maximum absolute atomic E-state index is 13.7. The fourth-order valence-electron chi connectivity index (χ4n) is 6.12. The molecule has 31 heavy (non-hydrogen) atoms. The van der Waals surface area contributed by atoms with Crippen LogP contribution < -0.4 is 4.90 Å². The van der Waals surface area contributed by atoms with E-state index in [1.807, 2.05) is 30.3 Å². The fourth-order valence-corrected chi connectivity index (χ4v) is 6.12. The molecular formula is C28H25NO2. The van der Waals surface area contributed by atoms with Crippen molar-refractivity contribution in [1.29, 1.82) is 0 Å². The molecule has 3 aromatic rings. The van der Waals surface area contributed by atoms with Crippen molar-refractivity contribution in [1.82, 2.24) is 0 Å². The van der Waals surface area contributed by atoms with Gasteiger partial charge in [-0.2, -0.15) is 0 Å². The number of hydrogen-bond acceptors (Lipinski definition) is 2. The molecule has 3 heteroatoms. The first-order valence-electron chi connectivity index (χ1n) is 11.3. The van der Waals surface area contributed by atoms with Gasteiger partial charge in [-0.3, -0.25) is 9.59 Å². The van der Waals surface area contributed by atoms with Gasteiger partial charge in [0.05, 0.1) is 17.5 Å². The van der Waals surface area contributed by atoms with Crippen molar-refractivity contribution < 1.29 is 9.59 Å². The van der Waals surface area contributed by atoms with Crippen LogP contribution >= 0.6 is 0 Å². The lowest BCUT2D eigenvalue weighted by Crippen LogP contribution is -2.41. The van der Waals surface area contributed by atoms with Gasteiger partial charge in [-0.1, -0.05) is 74.5 Å². The lowest BCUT2D eigenvalue weighted by molar-refractivity contribution is -0.122. The van der Waals surface area contributed by atoms with E-state index in [2.05, 4.69) is 56.3 Å². The van der Waals surface area contributed by atoms with Gasteiger partial charge >= 0.3 is 0 Å². The van der Waals surface area contributed by atoms with Crippen LogP contribution in [-0.4, -0.2) is 11.8 Å². The minimum atomic E-state index is -0.327. The predicted molar refractivity (Wildman–Crippen MR) is 121 cm³/mol. The fraction of sp³-hybridized carbons (Fsp3) is 0.286. The Morgan fingerprint density at radius 3 is 1.90 bits per heavy atom. The maximum atomic E-state index is 13.7. The summed E-state index contributed by atoms with van der Waals surface area (Å²) in [6, 6.07) is 24.6. The third-order valence-electron chi connectivity index (χ3n) is 7.76. The topological polar surface area (TPSA) is 37.4 Å². The highest BCUT2D eigenvalue weighted by Crippen LogP contribution is 2.61. The molecule has 0 radical (unpaired) electrons. The number of benzene rings is 3. The molecule has 1 saturated heterocycles. The molecule has 5 unspecified atom stereocenters. The number of hydrogen-bond donors (Lipinski definition) is 0. The Morgan fingerprint density at radius 2 is 1.29 bits per heavy atom. The highest BCUT2D eigenvalue weighted by Gasteiger charge is 2.61. The largest absolute Gasteiger partial charge is 0.274 e. The second kappa shape index (κ2) is 6.65. The molecule has 3 aromatic carbocycles. The normalized spacial score (nSPS) is 26.5. The summed E-state index contributed by atoms with van der Waals surface area (Å²) in [6.07, 6.45) is 1.08. The van der Waals surface area contributed by atoms with Crippen molar-refractivity contribution >= 4 is 17.5 Å². The zero-order valence-electron chi connectivity index (χ0n) is 17.8. The number of nitrogens with zero attached hydrogens (tertiary/aromatic N) is 1. The van der Waals surface area contributed by atoms with Crippen LogP contribution in [0.15, 0.2) is 72.8 Å². The Kier molecular flexibility index (Phi) is 3.98. The summed E-state index contributed by atoms with van der Waals surface area (Å²) < 4.78 is 0. The zero-order chi connectivity index (χ0) is 21.3. The summed E-state index contributed by atoms with van der Waals surface area (Å²) in [7, 11) is 0. The van der Waals surface area contributed by atoms with Gasteiger partial charge in [0.2, 0.25) is 11.8 Å². The molecule has 3 aliphatic carbocycles. The van der Waals surface area contributed by atoms with Crippen molar-refractivity contribution in [2.75, 3.05) is 4.90 Å². The first-order valence-corrected chi connectivity index (χ1v) is 11.3. The molecule has 0 spiro atoms. The minimum absolute atomic E-state index is 0.0507. The van der Waals surface area contributed by atoms with E-state index in [0.717, 1.165) is 6.42 Å². The van der Waals surface area contributed by atoms with Gasteiger partial charge in [-0.05, 0) is 52.3 Å². The van der Waals surface area contributed by atoms with Crippen LogP contribution in [0, 0.1) is 11.8 Å². The number of carbonyl (C=O) groups is 2. The van der Waals surface area contributed by atoms with E-state index in [4.69, 9.17) is 0 Å². The highest BCUT2D eigenvalue weighted by atomic mass is 16.2. The van der Waals surface area contributed by atoms with Crippen molar-refractivity contribution in [3.8, 4) is 0 Å². The van der Waals surface area contributed by atoms with Crippen LogP contribution in [0.5, 0.6) is 0 Å². The smallest absolute Gasteiger partial charge is 0.238 e. The lowest BCUT2D eigenvalue weighted by Gasteiger charge is -2.46. The number of para-hydroxylation sites is 1. The van der Waals surface area contributed by atoms with Gasteiger partial charge in [0.1, 0.15) is 0 Å². The SMILES string of the molecule is CCC(C)c1ccc2c(c1)C1c3ccccc3C2C2C(=O)N(c3ccccc3)C(=O)C12. The zero-order valence-corrected chi connectivity index (χ0v) is 17.8. The third-order valence-corrected chi connectivity index (χ3v) is 7.76. The van der Waals surface area contributed by atoms with Crippen molar-refractivity contribution in [3.05, 3.63) is 101 Å². The Balaban J connectivity index is 1.56. The standard InChI is InChI=1S/C28H25NO2/c1-3-16(2)17-13-14-21-22(15-17)24-20-12-8-7-11-19(20)23(21)25-26(24)28(31)29(27(25)30)18-9-5-4-6-10-18/h4-16,23-26H,3H2,1-2H3. The first-order chi connectivity index (χ1) is 15.1. The summed E-state index contributed by atoms with van der Waals surface area (Å²) in [5, 5.41) is 0. The number of imide groups is 1. The van der Waals surface area contributed by atoms with Gasteiger partial charge in [0, 0.05) is 11.8 Å². The summed E-state index contributed by atoms with van der Waals surface area (Å²) in [6.45, 7) is 4.46. The molecule has 0 N–H and O–H groups in total. The second-order valence-corrected chi connectivity index (χ2v) is 9.18. The summed E-state index contributed by atoms with van der Waals surface area (Å²) in [5.74, 6) is -0.402. The number of rotatable bonds is 3. The first kappa shape index (κ1) is 18.6. The van der Waals surface area contributed by atoms with E-state index in [0.29, 0.717) is 11.6 Å². The Bertz CT molecular complexity index is 1210. The quantitative estimate of drug-likeness (QED) is 0.530. The molecular weight excluding hydrogens is 382 g/mol. The van der Waals surface area contributed by atoms with Crippen molar-refractivity contribution in [3.63, 3.8) is 0 Å². The molecule has 1 heterocycles. The average Bonchev–Trinajstić information content (AvgIpc) is 3.09. The maximum Gasteiger partial charge on any atom is 0.238 e. The average molecular weight is 408 g/mol. The molecule has 4 aliphatic rings. The Labute approximate surface area is 182 Å². The van der Waals surface area contributed by atoms with E-state index in [-0.39, 0.29) is 35.5 Å². The number of amides is 2. The summed E-state index contributed by atoms with van der Waals surface area (Å²) in [5.41, 5.74) is 6.92. The molecule has 0 saturated carbocycles. The van der Waals surface area contributed by atoms with Gasteiger partial charge in [-0.15, -0.1) is 0 Å². The summed E-state index contributed by atoms with van der Waals surface area (Å²) >= 11 is 0. The number of carbonyl (C=O) groups excluding carboxylic acids is 2. The van der Waals surface area contributed by atoms with Gasteiger partial charge < -0.3 is 0 Å². The van der Waals surface area contributed by atoms with Crippen LogP contribution in [0.2, 0.25) is 0 Å². The minimum Gasteiger partial charge on any atom is -0.274 e. The third kappa shape index (κ3) is 2.40. The van der Waals surface area contributed by atoms with Crippen LogP contribution in [0.1, 0.15) is 65.8 Å². The van der Waals surface area contributed by atoms with Crippen LogP contribution in [-0.2, 0) is 9.59 Å². The molecule has 2 amide bonds. The van der Waals surface area contributed by atoms with Crippen LogP contribution in [0.3, 0.4) is 0 Å². The predicted octanol–water partition coefficient (Wildman–Crippen LogP) is 5.60. The van der Waals surface area contributed by atoms with E-state index in [9.17, 15) is 9.59 Å². The van der Waals surface area contributed by atoms with E-state index < -0.39 is 0 Å². The molecule has 5 atom stereocenters. The van der Waals surface area contributed by atoms with E-state index in [1.54, 1.807) is 0 Å². The molecule has 1 fully saturated rings. The molecule has 1 aliphatic heterocycles. The van der Waals surface area contributed by atoms with Crippen LogP contribution in [0.25, 0.3) is 0 Å². The number of anilines is 1. The molecule has 0 aromatic heterocycles. The highest BCUT2D eigenvalue weighted by molar-refractivity contribution is 6.23. The molecule has 154 valence electrons. The second-order valence-electron chi connectivity index (χ2n) is 9.18. The summed E-state index contributed by atoms with van der Waals surface area (Å²) in [4.78, 5) is 28.9. The van der Waals surface area contributed by atoms with Gasteiger partial charge in [0.25, 0.3) is 0 Å². The van der Waals surface area contributed by atoms with E-state index in [1.165, 1.54) is 32.7 Å². The van der Waals surface area contributed by atoms with Gasteiger partial charge in [0.15, 0.2) is 0 Å². The van der Waals surface area contributed by atoms with E-state index >= 15 is 0 Å². The molecule has 7 rings (SSSR count). The Hall–Kier alpha value is -3.20. The molecule has 3 nitrogen and oxygen atoms in total. The van der Waals surface area contributed by atoms with Crippen LogP contribution in [0.4, 0.5) is 5.69 Å². The van der Waals surface area contributed by atoms with Crippen molar-refractivity contribution in [2.24, 2.45) is 11.8 Å². The monoisotopic (exact) mass is 407 g/mol. The van der Waals surface area contributed by atoms with Crippen molar-refractivity contribution in [2.45, 2.75) is 38.0 Å². The Morgan fingerprint density at radius 1 is 0.742 bits per heavy atom.